The van der Waals surface area contributed by atoms with Crippen molar-refractivity contribution in [1.82, 2.24) is 0 Å². The van der Waals surface area contributed by atoms with E-state index in [1.165, 1.54) is 38.5 Å². The Hall–Kier alpha value is -0.330. The highest BCUT2D eigenvalue weighted by atomic mass is 19.0. The van der Waals surface area contributed by atoms with Crippen molar-refractivity contribution in [3.63, 3.8) is 0 Å². The van der Waals surface area contributed by atoms with E-state index < -0.39 is 0 Å². The molecule has 0 heterocycles. The first-order chi connectivity index (χ1) is 4.00. The first-order valence-corrected chi connectivity index (χ1v) is 3.65. The van der Waals surface area contributed by atoms with Crippen molar-refractivity contribution in [2.75, 3.05) is 0 Å². The van der Waals surface area contributed by atoms with Gasteiger partial charge in [0.15, 0.2) is 0 Å². The largest absolute Gasteiger partial charge is 0.269 e. The summed E-state index contributed by atoms with van der Waals surface area (Å²) in [6, 6.07) is 0. The van der Waals surface area contributed by atoms with Crippen LogP contribution < -0.4 is 0 Å². The van der Waals surface area contributed by atoms with E-state index in [0.717, 1.165) is 0 Å². The smallest absolute Gasteiger partial charge is 0.0351 e. The van der Waals surface area contributed by atoms with Crippen LogP contribution in [0.1, 0.15) is 38.5 Å². The molecule has 54 valence electrons. The van der Waals surface area contributed by atoms with Gasteiger partial charge in [-0.2, -0.15) is 0 Å². The van der Waals surface area contributed by atoms with Crippen molar-refractivity contribution in [1.29, 1.82) is 0 Å². The molecular weight excluding hydrogens is 115 g/mol. The summed E-state index contributed by atoms with van der Waals surface area (Å²) in [5, 5.41) is 0. The lowest BCUT2D eigenvalue weighted by atomic mass is 10.1. The van der Waals surface area contributed by atoms with Crippen LogP contribution in [0.3, 0.4) is 0 Å². The molecule has 9 heavy (non-hydrogen) atoms. The molecular formula is C8H15F. The standard InChI is InChI=1S/C8H14.FH/c1-2-4-6-8-7-5-3-1;/h1-2H,3-8H2;1H. The predicted molar refractivity (Wildman–Crippen MR) is 39.3 cm³/mol. The summed E-state index contributed by atoms with van der Waals surface area (Å²) in [5.74, 6) is 0. The van der Waals surface area contributed by atoms with Gasteiger partial charge < -0.3 is 0 Å². The van der Waals surface area contributed by atoms with Crippen molar-refractivity contribution in [3.05, 3.63) is 12.2 Å². The van der Waals surface area contributed by atoms with Gasteiger partial charge in [0.1, 0.15) is 0 Å². The fourth-order valence-corrected chi connectivity index (χ4v) is 1.11. The summed E-state index contributed by atoms with van der Waals surface area (Å²) >= 11 is 0. The van der Waals surface area contributed by atoms with Crippen LogP contribution in [0.25, 0.3) is 0 Å². The van der Waals surface area contributed by atoms with Crippen molar-refractivity contribution < 1.29 is 4.70 Å². The summed E-state index contributed by atoms with van der Waals surface area (Å²) < 4.78 is 0. The first kappa shape index (κ1) is 8.67. The summed E-state index contributed by atoms with van der Waals surface area (Å²) in [5.41, 5.74) is 0. The van der Waals surface area contributed by atoms with Gasteiger partial charge in [-0.3, -0.25) is 4.70 Å². The summed E-state index contributed by atoms with van der Waals surface area (Å²) in [6.07, 6.45) is 13.0. The maximum absolute atomic E-state index is 2.32. The van der Waals surface area contributed by atoms with Gasteiger partial charge in [0.05, 0.1) is 0 Å². The summed E-state index contributed by atoms with van der Waals surface area (Å²) in [6.45, 7) is 0. The third-order valence-corrected chi connectivity index (χ3v) is 1.66. The average molecular weight is 130 g/mol. The highest BCUT2D eigenvalue weighted by Crippen LogP contribution is 2.09. The molecule has 0 aromatic rings. The third-order valence-electron chi connectivity index (χ3n) is 1.66. The van der Waals surface area contributed by atoms with E-state index in [-0.39, 0.29) is 4.70 Å². The van der Waals surface area contributed by atoms with Crippen LogP contribution in [-0.2, 0) is 0 Å². The Kier molecular flexibility index (Phi) is 5.59. The van der Waals surface area contributed by atoms with E-state index in [0.29, 0.717) is 0 Å². The minimum Gasteiger partial charge on any atom is -0.269 e. The molecule has 0 aromatic heterocycles. The zero-order valence-corrected chi connectivity index (χ0v) is 5.81. The lowest BCUT2D eigenvalue weighted by Crippen LogP contribution is -1.80. The number of allylic oxidation sites excluding steroid dienone is 2. The molecule has 0 nitrogen and oxygen atoms in total. The van der Waals surface area contributed by atoms with Crippen molar-refractivity contribution in [2.24, 2.45) is 0 Å². The Morgan fingerprint density at radius 1 is 0.667 bits per heavy atom. The molecule has 1 rings (SSSR count). The molecule has 0 saturated carbocycles. The second-order valence-corrected chi connectivity index (χ2v) is 2.46. The monoisotopic (exact) mass is 130 g/mol. The topological polar surface area (TPSA) is 0 Å². The van der Waals surface area contributed by atoms with Gasteiger partial charge in [0.25, 0.3) is 0 Å². The van der Waals surface area contributed by atoms with Gasteiger partial charge >= 0.3 is 0 Å². The molecule has 0 spiro atoms. The summed E-state index contributed by atoms with van der Waals surface area (Å²) in [7, 11) is 0. The van der Waals surface area contributed by atoms with E-state index >= 15 is 0 Å². The number of hydrogen-bond donors (Lipinski definition) is 0. The molecule has 0 atom stereocenters. The SMILES string of the molecule is C1=CCCCCCC1.F. The van der Waals surface area contributed by atoms with Gasteiger partial charge in [-0.25, -0.2) is 0 Å². The lowest BCUT2D eigenvalue weighted by Gasteiger charge is -2.00. The maximum Gasteiger partial charge on any atom is -0.0351 e. The van der Waals surface area contributed by atoms with Crippen LogP contribution in [0.5, 0.6) is 0 Å². The molecule has 0 radical (unpaired) electrons. The molecule has 0 aliphatic heterocycles. The highest BCUT2D eigenvalue weighted by Gasteiger charge is 1.89. The highest BCUT2D eigenvalue weighted by molar-refractivity contribution is 4.82. The Labute approximate surface area is 56.3 Å². The number of hydrogen-bond acceptors (Lipinski definition) is 0. The maximum atomic E-state index is 2.32. The van der Waals surface area contributed by atoms with Crippen molar-refractivity contribution in [3.8, 4) is 0 Å². The van der Waals surface area contributed by atoms with Crippen molar-refractivity contribution >= 4 is 0 Å². The van der Waals surface area contributed by atoms with Gasteiger partial charge in [-0.05, 0) is 25.7 Å². The lowest BCUT2D eigenvalue weighted by molar-refractivity contribution is 0.638. The van der Waals surface area contributed by atoms with Crippen molar-refractivity contribution in [2.45, 2.75) is 38.5 Å². The normalized spacial score (nSPS) is 19.6. The molecule has 0 N–H and O–H groups in total. The zero-order valence-electron chi connectivity index (χ0n) is 5.81. The molecule has 0 saturated heterocycles. The molecule has 0 aromatic carbocycles. The minimum absolute atomic E-state index is 0. The number of halogens is 1. The Balaban J connectivity index is 0.000000640. The predicted octanol–water partition coefficient (Wildman–Crippen LogP) is 3.05. The molecule has 0 amide bonds. The Morgan fingerprint density at radius 3 is 1.56 bits per heavy atom. The van der Waals surface area contributed by atoms with Crippen LogP contribution in [0.15, 0.2) is 12.2 Å². The first-order valence-electron chi connectivity index (χ1n) is 3.65. The Morgan fingerprint density at radius 2 is 1.11 bits per heavy atom. The Bertz CT molecular complexity index is 66.6. The molecule has 1 aliphatic rings. The van der Waals surface area contributed by atoms with E-state index in [1.54, 1.807) is 0 Å². The second-order valence-electron chi connectivity index (χ2n) is 2.46. The second kappa shape index (κ2) is 5.80. The van der Waals surface area contributed by atoms with Crippen LogP contribution >= 0.6 is 0 Å². The molecule has 0 unspecified atom stereocenters. The number of rotatable bonds is 0. The van der Waals surface area contributed by atoms with E-state index in [4.69, 9.17) is 0 Å². The molecule has 1 heteroatoms. The van der Waals surface area contributed by atoms with Gasteiger partial charge in [-0.1, -0.05) is 25.0 Å². The molecule has 1 aliphatic carbocycles. The summed E-state index contributed by atoms with van der Waals surface area (Å²) in [4.78, 5) is 0. The minimum atomic E-state index is 0. The van der Waals surface area contributed by atoms with E-state index in [1.807, 2.05) is 0 Å². The fraction of sp³-hybridized carbons (Fsp3) is 0.750. The molecule has 0 bridgehead atoms. The zero-order chi connectivity index (χ0) is 5.66. The third kappa shape index (κ3) is 4.19. The van der Waals surface area contributed by atoms with Crippen LogP contribution in [0, 0.1) is 0 Å². The van der Waals surface area contributed by atoms with Crippen LogP contribution in [-0.4, -0.2) is 0 Å². The van der Waals surface area contributed by atoms with E-state index in [2.05, 4.69) is 12.2 Å². The van der Waals surface area contributed by atoms with Gasteiger partial charge in [-0.15, -0.1) is 0 Å². The van der Waals surface area contributed by atoms with Crippen LogP contribution in [0.2, 0.25) is 0 Å². The fourth-order valence-electron chi connectivity index (χ4n) is 1.11. The van der Waals surface area contributed by atoms with Gasteiger partial charge in [0, 0.05) is 0 Å². The molecule has 0 fully saturated rings. The quantitative estimate of drug-likeness (QED) is 0.442. The van der Waals surface area contributed by atoms with Gasteiger partial charge in [0.2, 0.25) is 0 Å². The van der Waals surface area contributed by atoms with Crippen LogP contribution in [0.4, 0.5) is 4.70 Å². The average Bonchev–Trinajstić information content (AvgIpc) is 1.62. The van der Waals surface area contributed by atoms with E-state index in [9.17, 15) is 0 Å².